The first-order chi connectivity index (χ1) is 12.6. The number of methoxy groups -OCH3 is 2. The van der Waals surface area contributed by atoms with Crippen LogP contribution in [0.25, 0.3) is 10.9 Å². The Bertz CT molecular complexity index is 851. The van der Waals surface area contributed by atoms with Crippen molar-refractivity contribution in [3.63, 3.8) is 0 Å². The molecule has 26 heavy (non-hydrogen) atoms. The van der Waals surface area contributed by atoms with Crippen molar-refractivity contribution in [2.24, 2.45) is 0 Å². The van der Waals surface area contributed by atoms with E-state index in [1.165, 1.54) is 19.2 Å². The molecule has 1 aromatic carbocycles. The van der Waals surface area contributed by atoms with Crippen LogP contribution in [0.2, 0.25) is 0 Å². The van der Waals surface area contributed by atoms with Crippen LogP contribution >= 0.6 is 0 Å². The van der Waals surface area contributed by atoms with E-state index in [1.54, 1.807) is 38.6 Å². The molecule has 0 saturated carbocycles. The number of hydrogen-bond acceptors (Lipinski definition) is 5. The second kappa shape index (κ2) is 9.33. The average Bonchev–Trinajstić information content (AvgIpc) is 3.04. The van der Waals surface area contributed by atoms with Crippen LogP contribution in [0.4, 0.5) is 15.0 Å². The van der Waals surface area contributed by atoms with Gasteiger partial charge in [0.2, 0.25) is 5.88 Å². The number of carbonyl (C=O) groups is 1. The monoisotopic (exact) mass is 361 g/mol. The van der Waals surface area contributed by atoms with Gasteiger partial charge in [-0.25, -0.2) is 14.2 Å². The Morgan fingerprint density at radius 1 is 1.23 bits per heavy atom. The van der Waals surface area contributed by atoms with Gasteiger partial charge in [-0.1, -0.05) is 12.1 Å². The third-order valence-electron chi connectivity index (χ3n) is 3.21. The number of aromatic amines is 1. The minimum Gasteiger partial charge on any atom is -0.479 e. The summed E-state index contributed by atoms with van der Waals surface area (Å²) in [7, 11) is 4.77. The molecule has 0 bridgehead atoms. The smallest absolute Gasteiger partial charge is 0.320 e. The van der Waals surface area contributed by atoms with Gasteiger partial charge >= 0.3 is 6.03 Å². The number of halogens is 1. The lowest BCUT2D eigenvalue weighted by Gasteiger charge is -2.07. The predicted octanol–water partition coefficient (Wildman–Crippen LogP) is 2.69. The number of amides is 2. The van der Waals surface area contributed by atoms with Gasteiger partial charge in [0.1, 0.15) is 11.6 Å². The average molecular weight is 361 g/mol. The minimum absolute atomic E-state index is 0.284. The molecule has 0 unspecified atom stereocenters. The zero-order valence-electron chi connectivity index (χ0n) is 14.7. The molecule has 3 aromatic rings. The van der Waals surface area contributed by atoms with Crippen molar-refractivity contribution < 1.29 is 18.7 Å². The molecule has 2 amide bonds. The molecule has 0 spiro atoms. The van der Waals surface area contributed by atoms with E-state index in [9.17, 15) is 9.18 Å². The summed E-state index contributed by atoms with van der Waals surface area (Å²) >= 11 is 0. The highest BCUT2D eigenvalue weighted by Crippen LogP contribution is 2.22. The quantitative estimate of drug-likeness (QED) is 0.663. The second-order valence-corrected chi connectivity index (χ2v) is 5.19. The number of nitrogens with one attached hydrogen (secondary N) is 3. The lowest BCUT2D eigenvalue weighted by atomic mass is 10.2. The van der Waals surface area contributed by atoms with Crippen LogP contribution in [-0.2, 0) is 11.3 Å². The lowest BCUT2D eigenvalue weighted by Crippen LogP contribution is -2.28. The van der Waals surface area contributed by atoms with E-state index >= 15 is 0 Å². The number of rotatable bonds is 4. The van der Waals surface area contributed by atoms with Crippen molar-refractivity contribution in [2.75, 3.05) is 26.6 Å². The van der Waals surface area contributed by atoms with Crippen LogP contribution in [-0.4, -0.2) is 42.5 Å². The summed E-state index contributed by atoms with van der Waals surface area (Å²) in [4.78, 5) is 16.0. The lowest BCUT2D eigenvalue weighted by molar-refractivity contribution is 0.251. The first-order valence-corrected chi connectivity index (χ1v) is 7.65. The van der Waals surface area contributed by atoms with Gasteiger partial charge in [-0.05, 0) is 17.7 Å². The number of nitrogens with zero attached hydrogens (tertiary/aromatic N) is 2. The number of fused-ring (bicyclic) bond motifs is 1. The predicted molar refractivity (Wildman–Crippen MR) is 95.6 cm³/mol. The molecule has 9 heteroatoms. The molecular weight excluding hydrogens is 341 g/mol. The maximum atomic E-state index is 12.8. The topological polar surface area (TPSA) is 101 Å². The highest BCUT2D eigenvalue weighted by Gasteiger charge is 2.09. The molecule has 0 atom stereocenters. The van der Waals surface area contributed by atoms with Crippen LogP contribution in [0.5, 0.6) is 5.88 Å². The summed E-state index contributed by atoms with van der Waals surface area (Å²) in [5.41, 5.74) is 1.49. The number of ether oxygens (including phenoxy) is 2. The van der Waals surface area contributed by atoms with Gasteiger partial charge in [0.05, 0.1) is 18.0 Å². The summed E-state index contributed by atoms with van der Waals surface area (Å²) in [6.45, 7) is 0.284. The number of pyridine rings is 1. The largest absolute Gasteiger partial charge is 0.479 e. The Morgan fingerprint density at radius 2 is 1.92 bits per heavy atom. The fourth-order valence-corrected chi connectivity index (χ4v) is 2.06. The van der Waals surface area contributed by atoms with Gasteiger partial charge in [0, 0.05) is 33.0 Å². The van der Waals surface area contributed by atoms with Crippen molar-refractivity contribution in [3.05, 3.63) is 47.9 Å². The van der Waals surface area contributed by atoms with E-state index in [4.69, 9.17) is 4.74 Å². The van der Waals surface area contributed by atoms with Crippen molar-refractivity contribution in [2.45, 2.75) is 6.54 Å². The van der Waals surface area contributed by atoms with Crippen LogP contribution in [0.15, 0.2) is 36.5 Å². The Kier molecular flexibility index (Phi) is 6.86. The fourth-order valence-electron chi connectivity index (χ4n) is 2.06. The summed E-state index contributed by atoms with van der Waals surface area (Å²) in [6, 6.07) is 7.15. The molecule has 2 heterocycles. The number of hydrogen-bond donors (Lipinski definition) is 3. The highest BCUT2D eigenvalue weighted by atomic mass is 19.1. The van der Waals surface area contributed by atoms with Gasteiger partial charge in [0.15, 0.2) is 0 Å². The molecule has 138 valence electrons. The highest BCUT2D eigenvalue weighted by molar-refractivity contribution is 5.91. The van der Waals surface area contributed by atoms with Gasteiger partial charge < -0.3 is 14.8 Å². The Morgan fingerprint density at radius 3 is 2.58 bits per heavy atom. The van der Waals surface area contributed by atoms with E-state index in [0.29, 0.717) is 17.2 Å². The van der Waals surface area contributed by atoms with Crippen molar-refractivity contribution >= 4 is 22.8 Å². The van der Waals surface area contributed by atoms with Crippen LogP contribution in [0.1, 0.15) is 5.56 Å². The number of benzene rings is 1. The van der Waals surface area contributed by atoms with E-state index in [-0.39, 0.29) is 12.4 Å². The van der Waals surface area contributed by atoms with E-state index in [1.807, 2.05) is 0 Å². The van der Waals surface area contributed by atoms with Crippen LogP contribution in [0, 0.1) is 5.82 Å². The standard InChI is InChI=1S/C15H14FN5O2.C2H6O/c1-23-14-11-8-17-13(6-12(11)20-21-14)19-15(22)18-7-9-2-4-10(16)5-3-9;1-3-2/h2-6,8H,7H2,1H3,(H,20,21)(H2,17,18,19,22);1-2H3. The van der Waals surface area contributed by atoms with E-state index in [0.717, 1.165) is 10.9 Å². The van der Waals surface area contributed by atoms with Crippen molar-refractivity contribution in [1.29, 1.82) is 0 Å². The number of carbonyl (C=O) groups excluding carboxylic acids is 1. The van der Waals surface area contributed by atoms with Gasteiger partial charge in [0.25, 0.3) is 0 Å². The number of anilines is 1. The molecule has 3 N–H and O–H groups in total. The Labute approximate surface area is 149 Å². The normalized spacial score (nSPS) is 10.0. The molecule has 0 radical (unpaired) electrons. The van der Waals surface area contributed by atoms with Crippen molar-refractivity contribution in [1.82, 2.24) is 20.5 Å². The Hall–Kier alpha value is -3.20. The molecule has 0 aliphatic carbocycles. The summed E-state index contributed by atoms with van der Waals surface area (Å²) in [6.07, 6.45) is 1.56. The zero-order valence-corrected chi connectivity index (χ0v) is 14.7. The molecule has 8 nitrogen and oxygen atoms in total. The molecule has 0 saturated heterocycles. The maximum absolute atomic E-state index is 12.8. The van der Waals surface area contributed by atoms with Crippen LogP contribution in [0.3, 0.4) is 0 Å². The molecule has 0 aliphatic heterocycles. The Balaban J connectivity index is 0.000000758. The summed E-state index contributed by atoms with van der Waals surface area (Å²) in [5, 5.41) is 12.8. The van der Waals surface area contributed by atoms with Gasteiger partial charge in [-0.15, -0.1) is 5.10 Å². The van der Waals surface area contributed by atoms with Crippen molar-refractivity contribution in [3.8, 4) is 5.88 Å². The molecule has 3 rings (SSSR count). The SMILES string of the molecule is COC.COc1n[nH]c2cc(NC(=O)NCc3ccc(F)cc3)ncc12. The molecular formula is C17H20FN5O3. The van der Waals surface area contributed by atoms with E-state index in [2.05, 4.69) is 30.6 Å². The number of aromatic nitrogens is 3. The third kappa shape index (κ3) is 5.15. The molecule has 0 fully saturated rings. The van der Waals surface area contributed by atoms with E-state index < -0.39 is 6.03 Å². The minimum atomic E-state index is -0.410. The zero-order chi connectivity index (χ0) is 18.9. The van der Waals surface area contributed by atoms with Crippen LogP contribution < -0.4 is 15.4 Å². The number of urea groups is 1. The third-order valence-corrected chi connectivity index (χ3v) is 3.21. The summed E-state index contributed by atoms with van der Waals surface area (Å²) in [5.74, 6) is 0.505. The van der Waals surface area contributed by atoms with Gasteiger partial charge in [-0.3, -0.25) is 10.4 Å². The maximum Gasteiger partial charge on any atom is 0.320 e. The molecule has 0 aliphatic rings. The first kappa shape index (κ1) is 19.1. The summed E-state index contributed by atoms with van der Waals surface area (Å²) < 4.78 is 22.1. The fraction of sp³-hybridized carbons (Fsp3) is 0.235. The molecule has 2 aromatic heterocycles. The second-order valence-electron chi connectivity index (χ2n) is 5.19. The first-order valence-electron chi connectivity index (χ1n) is 7.65. The number of H-pyrrole nitrogens is 1. The van der Waals surface area contributed by atoms with Gasteiger partial charge in [-0.2, -0.15) is 0 Å².